The lowest BCUT2D eigenvalue weighted by atomic mass is 10.1. The molecule has 1 atom stereocenters. The number of rotatable bonds is 2. The molecule has 3 nitrogen and oxygen atoms in total. The molecule has 0 saturated carbocycles. The fraction of sp³-hybridized carbons (Fsp3) is 0.125. The summed E-state index contributed by atoms with van der Waals surface area (Å²) in [7, 11) is 0. The lowest BCUT2D eigenvalue weighted by Gasteiger charge is -2.05. The average Bonchev–Trinajstić information content (AvgIpc) is 2.17. The molecule has 0 heterocycles. The SMILES string of the molecule is O=C(OBr)C(O)c1ccccc1. The van der Waals surface area contributed by atoms with Crippen molar-refractivity contribution in [2.75, 3.05) is 0 Å². The Labute approximate surface area is 78.4 Å². The van der Waals surface area contributed by atoms with Crippen molar-refractivity contribution < 1.29 is 13.7 Å². The fourth-order valence-electron chi connectivity index (χ4n) is 0.814. The fourth-order valence-corrected chi connectivity index (χ4v) is 0.991. The molecule has 64 valence electrons. The Morgan fingerprint density at radius 1 is 1.42 bits per heavy atom. The van der Waals surface area contributed by atoms with E-state index in [4.69, 9.17) is 0 Å². The molecule has 1 N–H and O–H groups in total. The van der Waals surface area contributed by atoms with Gasteiger partial charge in [-0.05, 0) is 5.56 Å². The molecule has 4 heteroatoms. The molecule has 0 fully saturated rings. The predicted octanol–water partition coefficient (Wildman–Crippen LogP) is 1.57. The van der Waals surface area contributed by atoms with E-state index in [1.54, 1.807) is 30.3 Å². The molecule has 1 rings (SSSR count). The van der Waals surface area contributed by atoms with E-state index in [2.05, 4.69) is 20.1 Å². The summed E-state index contributed by atoms with van der Waals surface area (Å²) in [6, 6.07) is 8.57. The van der Waals surface area contributed by atoms with Crippen LogP contribution in [-0.2, 0) is 8.62 Å². The van der Waals surface area contributed by atoms with Gasteiger partial charge in [0.05, 0.1) is 0 Å². The van der Waals surface area contributed by atoms with Crippen molar-refractivity contribution in [3.05, 3.63) is 35.9 Å². The Balaban J connectivity index is 2.78. The monoisotopic (exact) mass is 230 g/mol. The van der Waals surface area contributed by atoms with Crippen LogP contribution in [0.4, 0.5) is 0 Å². The van der Waals surface area contributed by atoms with E-state index in [0.29, 0.717) is 5.56 Å². The smallest absolute Gasteiger partial charge is 0.351 e. The van der Waals surface area contributed by atoms with E-state index in [-0.39, 0.29) is 0 Å². The zero-order valence-electron chi connectivity index (χ0n) is 6.11. The van der Waals surface area contributed by atoms with E-state index in [0.717, 1.165) is 0 Å². The minimum absolute atomic E-state index is 0.516. The summed E-state index contributed by atoms with van der Waals surface area (Å²) < 4.78 is 4.19. The highest BCUT2D eigenvalue weighted by atomic mass is 79.9. The van der Waals surface area contributed by atoms with Crippen LogP contribution in [-0.4, -0.2) is 11.1 Å². The van der Waals surface area contributed by atoms with E-state index < -0.39 is 12.1 Å². The molecule has 1 unspecified atom stereocenters. The third-order valence-corrected chi connectivity index (χ3v) is 1.73. The zero-order chi connectivity index (χ0) is 8.97. The third-order valence-electron chi connectivity index (χ3n) is 1.41. The van der Waals surface area contributed by atoms with E-state index >= 15 is 0 Å². The summed E-state index contributed by atoms with van der Waals surface area (Å²) in [5.74, 6) is -0.721. The first kappa shape index (κ1) is 9.22. The predicted molar refractivity (Wildman–Crippen MR) is 46.4 cm³/mol. The maximum Gasteiger partial charge on any atom is 0.351 e. The van der Waals surface area contributed by atoms with Crippen molar-refractivity contribution in [1.29, 1.82) is 0 Å². The van der Waals surface area contributed by atoms with Crippen LogP contribution in [0.15, 0.2) is 30.3 Å². The second kappa shape index (κ2) is 4.23. The number of hydrogen-bond donors (Lipinski definition) is 1. The van der Waals surface area contributed by atoms with Crippen LogP contribution >= 0.6 is 16.3 Å². The summed E-state index contributed by atoms with van der Waals surface area (Å²) >= 11 is 2.50. The van der Waals surface area contributed by atoms with Crippen molar-refractivity contribution >= 4 is 22.2 Å². The van der Waals surface area contributed by atoms with Gasteiger partial charge in [0.1, 0.15) is 0 Å². The van der Waals surface area contributed by atoms with Crippen LogP contribution in [0.25, 0.3) is 0 Å². The summed E-state index contributed by atoms with van der Waals surface area (Å²) in [6.45, 7) is 0. The maximum atomic E-state index is 10.8. The van der Waals surface area contributed by atoms with Gasteiger partial charge >= 0.3 is 5.97 Å². The van der Waals surface area contributed by atoms with E-state index in [1.165, 1.54) is 0 Å². The summed E-state index contributed by atoms with van der Waals surface area (Å²) in [4.78, 5) is 10.8. The second-order valence-corrected chi connectivity index (χ2v) is 2.53. The highest BCUT2D eigenvalue weighted by Crippen LogP contribution is 2.14. The Hall–Kier alpha value is -0.870. The van der Waals surface area contributed by atoms with Crippen LogP contribution < -0.4 is 0 Å². The van der Waals surface area contributed by atoms with Gasteiger partial charge in [-0.15, -0.1) is 0 Å². The number of aliphatic hydroxyl groups is 1. The Bertz CT molecular complexity index is 260. The Kier molecular flexibility index (Phi) is 3.25. The minimum atomic E-state index is -1.22. The molecular weight excluding hydrogens is 224 g/mol. The van der Waals surface area contributed by atoms with E-state index in [1.807, 2.05) is 0 Å². The lowest BCUT2D eigenvalue weighted by molar-refractivity contribution is -0.141. The quantitative estimate of drug-likeness (QED) is 0.840. The summed E-state index contributed by atoms with van der Waals surface area (Å²) in [5.41, 5.74) is 0.516. The standard InChI is InChI=1S/C8H7BrO3/c9-12-8(11)7(10)6-4-2-1-3-5-6/h1-5,7,10H. The highest BCUT2D eigenvalue weighted by molar-refractivity contribution is 9.06. The van der Waals surface area contributed by atoms with Gasteiger partial charge in [-0.2, -0.15) is 0 Å². The molecule has 0 aromatic heterocycles. The van der Waals surface area contributed by atoms with E-state index in [9.17, 15) is 9.90 Å². The van der Waals surface area contributed by atoms with Crippen LogP contribution in [0.1, 0.15) is 11.7 Å². The van der Waals surface area contributed by atoms with Gasteiger partial charge in [-0.3, -0.25) is 0 Å². The first-order valence-corrected chi connectivity index (χ1v) is 3.96. The van der Waals surface area contributed by atoms with Crippen molar-refractivity contribution in [3.8, 4) is 0 Å². The van der Waals surface area contributed by atoms with Gasteiger partial charge in [0.2, 0.25) is 0 Å². The molecule has 0 bridgehead atoms. The summed E-state index contributed by atoms with van der Waals surface area (Å²) in [5, 5.41) is 9.28. The number of hydrogen-bond acceptors (Lipinski definition) is 3. The van der Waals surface area contributed by atoms with Crippen molar-refractivity contribution in [2.24, 2.45) is 0 Å². The van der Waals surface area contributed by atoms with Crippen LogP contribution in [0.3, 0.4) is 0 Å². The van der Waals surface area contributed by atoms with Crippen LogP contribution in [0, 0.1) is 0 Å². The van der Waals surface area contributed by atoms with Crippen molar-refractivity contribution in [1.82, 2.24) is 0 Å². The molecule has 1 aromatic carbocycles. The lowest BCUT2D eigenvalue weighted by Crippen LogP contribution is -2.10. The highest BCUT2D eigenvalue weighted by Gasteiger charge is 2.17. The van der Waals surface area contributed by atoms with Gasteiger partial charge in [-0.25, -0.2) is 4.79 Å². The molecule has 0 amide bonds. The van der Waals surface area contributed by atoms with Crippen LogP contribution in [0.5, 0.6) is 0 Å². The van der Waals surface area contributed by atoms with Crippen molar-refractivity contribution in [3.63, 3.8) is 0 Å². The van der Waals surface area contributed by atoms with Crippen LogP contribution in [0.2, 0.25) is 0 Å². The zero-order valence-corrected chi connectivity index (χ0v) is 7.69. The largest absolute Gasteiger partial charge is 0.381 e. The summed E-state index contributed by atoms with van der Waals surface area (Å²) in [6.07, 6.45) is -1.22. The van der Waals surface area contributed by atoms with Crippen molar-refractivity contribution in [2.45, 2.75) is 6.10 Å². The number of carbonyl (C=O) groups is 1. The first-order valence-electron chi connectivity index (χ1n) is 3.31. The second-order valence-electron chi connectivity index (χ2n) is 2.21. The molecule has 0 spiro atoms. The number of benzene rings is 1. The van der Waals surface area contributed by atoms with Gasteiger partial charge in [-0.1, -0.05) is 30.3 Å². The van der Waals surface area contributed by atoms with Gasteiger partial charge in [0.25, 0.3) is 0 Å². The molecule has 1 aromatic rings. The number of carbonyl (C=O) groups excluding carboxylic acids is 1. The van der Waals surface area contributed by atoms with Gasteiger partial charge < -0.3 is 8.93 Å². The third kappa shape index (κ3) is 2.06. The molecular formula is C8H7BrO3. The number of aliphatic hydroxyl groups excluding tert-OH is 1. The molecule has 0 aliphatic heterocycles. The topological polar surface area (TPSA) is 46.5 Å². The molecule has 0 aliphatic rings. The number of halogens is 1. The minimum Gasteiger partial charge on any atom is -0.381 e. The Morgan fingerprint density at radius 2 is 2.00 bits per heavy atom. The normalized spacial score (nSPS) is 12.2. The van der Waals surface area contributed by atoms with Gasteiger partial charge in [0, 0.05) is 0 Å². The molecule has 12 heavy (non-hydrogen) atoms. The molecule has 0 saturated heterocycles. The maximum absolute atomic E-state index is 10.8. The first-order chi connectivity index (χ1) is 5.75. The molecule has 0 aliphatic carbocycles. The molecule has 0 radical (unpaired) electrons. The van der Waals surface area contributed by atoms with Gasteiger partial charge in [0.15, 0.2) is 22.4 Å². The average molecular weight is 231 g/mol. The Morgan fingerprint density at radius 3 is 2.50 bits per heavy atom.